The molecule has 0 radical (unpaired) electrons. The lowest BCUT2D eigenvalue weighted by atomic mass is 9.98. The standard InChI is InChI=1S/C39H58N2O5/c1-2-3-4-5-6-7-8-9-10-11-12-13-14-15-16-28-37(42)40-29-22-21-27-36(38(43)44)41-39(45)46-30-35-33-25-19-17-23-31(33)32-24-18-20-26-34(32)35/h17-20,23-26,35-36H,2-16,21-22,27-30H2,1H3,(H,40,42)(H,41,45)(H,43,44)/t36-/m1/s1. The molecule has 7 nitrogen and oxygen atoms in total. The van der Waals surface area contributed by atoms with Gasteiger partial charge in [0.2, 0.25) is 5.91 Å². The molecule has 0 saturated heterocycles. The number of hydrogen-bond donors (Lipinski definition) is 3. The molecule has 0 fully saturated rings. The summed E-state index contributed by atoms with van der Waals surface area (Å²) in [6.45, 7) is 2.91. The van der Waals surface area contributed by atoms with Gasteiger partial charge in [-0.3, -0.25) is 4.79 Å². The van der Waals surface area contributed by atoms with Crippen molar-refractivity contribution in [2.45, 2.75) is 141 Å². The molecule has 0 aromatic heterocycles. The van der Waals surface area contributed by atoms with E-state index in [9.17, 15) is 19.5 Å². The SMILES string of the molecule is CCCCCCCCCCCCCCCCCC(=O)NCCCC[C@@H](NC(=O)OCC1c2ccccc2-c2ccccc21)C(=O)O. The number of amides is 2. The van der Waals surface area contributed by atoms with E-state index in [-0.39, 0.29) is 24.9 Å². The molecule has 0 unspecified atom stereocenters. The van der Waals surface area contributed by atoms with Crippen LogP contribution in [0.1, 0.15) is 146 Å². The molecule has 1 aliphatic rings. The number of carbonyl (C=O) groups is 3. The number of benzene rings is 2. The van der Waals surface area contributed by atoms with Crippen molar-refractivity contribution in [3.05, 3.63) is 59.7 Å². The van der Waals surface area contributed by atoms with Crippen LogP contribution >= 0.6 is 0 Å². The number of fused-ring (bicyclic) bond motifs is 3. The fraction of sp³-hybridized carbons (Fsp3) is 0.615. The first-order valence-corrected chi connectivity index (χ1v) is 18.1. The van der Waals surface area contributed by atoms with E-state index in [1.165, 1.54) is 83.5 Å². The summed E-state index contributed by atoms with van der Waals surface area (Å²) in [5, 5.41) is 15.1. The molecule has 3 rings (SSSR count). The zero-order chi connectivity index (χ0) is 32.8. The Labute approximate surface area is 277 Å². The lowest BCUT2D eigenvalue weighted by Crippen LogP contribution is -2.41. The Morgan fingerprint density at radius 1 is 0.696 bits per heavy atom. The molecule has 2 aromatic rings. The summed E-state index contributed by atoms with van der Waals surface area (Å²) in [5.74, 6) is -1.12. The summed E-state index contributed by atoms with van der Waals surface area (Å²) in [7, 11) is 0. The van der Waals surface area contributed by atoms with Gasteiger partial charge in [-0.1, -0.05) is 145 Å². The minimum Gasteiger partial charge on any atom is -0.480 e. The number of carbonyl (C=O) groups excluding carboxylic acids is 2. The minimum absolute atomic E-state index is 0.0567. The van der Waals surface area contributed by atoms with Crippen LogP contribution in [0.5, 0.6) is 0 Å². The van der Waals surface area contributed by atoms with Crippen molar-refractivity contribution in [2.24, 2.45) is 0 Å². The number of unbranched alkanes of at least 4 members (excludes halogenated alkanes) is 15. The topological polar surface area (TPSA) is 105 Å². The van der Waals surface area contributed by atoms with Crippen LogP contribution in [0.4, 0.5) is 4.79 Å². The lowest BCUT2D eigenvalue weighted by molar-refractivity contribution is -0.139. The molecule has 0 heterocycles. The van der Waals surface area contributed by atoms with E-state index in [0.29, 0.717) is 25.8 Å². The highest BCUT2D eigenvalue weighted by Crippen LogP contribution is 2.44. The number of alkyl carbamates (subject to hydrolysis) is 1. The van der Waals surface area contributed by atoms with E-state index in [4.69, 9.17) is 4.74 Å². The zero-order valence-electron chi connectivity index (χ0n) is 28.2. The summed E-state index contributed by atoms with van der Waals surface area (Å²) < 4.78 is 5.51. The monoisotopic (exact) mass is 634 g/mol. The van der Waals surface area contributed by atoms with Gasteiger partial charge in [-0.25, -0.2) is 9.59 Å². The first kappa shape index (κ1) is 37.1. The van der Waals surface area contributed by atoms with Crippen molar-refractivity contribution in [3.8, 4) is 11.1 Å². The van der Waals surface area contributed by atoms with Crippen LogP contribution in [0.15, 0.2) is 48.5 Å². The molecule has 254 valence electrons. The van der Waals surface area contributed by atoms with Gasteiger partial charge in [0, 0.05) is 18.9 Å². The van der Waals surface area contributed by atoms with Gasteiger partial charge in [0.05, 0.1) is 0 Å². The first-order valence-electron chi connectivity index (χ1n) is 18.1. The van der Waals surface area contributed by atoms with Gasteiger partial charge in [-0.15, -0.1) is 0 Å². The van der Waals surface area contributed by atoms with Gasteiger partial charge in [0.25, 0.3) is 0 Å². The molecule has 1 atom stereocenters. The molecule has 0 aliphatic heterocycles. The summed E-state index contributed by atoms with van der Waals surface area (Å²) in [6, 6.07) is 15.1. The molecule has 0 bridgehead atoms. The van der Waals surface area contributed by atoms with Crippen LogP contribution in [-0.2, 0) is 14.3 Å². The van der Waals surface area contributed by atoms with E-state index in [2.05, 4.69) is 29.7 Å². The third-order valence-corrected chi connectivity index (χ3v) is 9.18. The predicted molar refractivity (Wildman–Crippen MR) is 186 cm³/mol. The van der Waals surface area contributed by atoms with Crippen molar-refractivity contribution >= 4 is 18.0 Å². The van der Waals surface area contributed by atoms with E-state index in [1.54, 1.807) is 0 Å². The third-order valence-electron chi connectivity index (χ3n) is 9.18. The number of ether oxygens (including phenoxy) is 1. The smallest absolute Gasteiger partial charge is 0.407 e. The van der Waals surface area contributed by atoms with E-state index < -0.39 is 18.1 Å². The van der Waals surface area contributed by atoms with Crippen molar-refractivity contribution in [1.82, 2.24) is 10.6 Å². The number of rotatable bonds is 25. The van der Waals surface area contributed by atoms with Crippen molar-refractivity contribution in [3.63, 3.8) is 0 Å². The van der Waals surface area contributed by atoms with Crippen LogP contribution in [0, 0.1) is 0 Å². The Kier molecular flexibility index (Phi) is 17.9. The van der Waals surface area contributed by atoms with Crippen LogP contribution in [0.2, 0.25) is 0 Å². The summed E-state index contributed by atoms with van der Waals surface area (Å²) in [4.78, 5) is 36.5. The highest BCUT2D eigenvalue weighted by molar-refractivity contribution is 5.81. The molecule has 0 saturated carbocycles. The van der Waals surface area contributed by atoms with Gasteiger partial charge < -0.3 is 20.5 Å². The molecule has 1 aliphatic carbocycles. The molecular weight excluding hydrogens is 576 g/mol. The largest absolute Gasteiger partial charge is 0.480 e. The molecule has 46 heavy (non-hydrogen) atoms. The van der Waals surface area contributed by atoms with E-state index in [0.717, 1.165) is 35.1 Å². The Hall–Kier alpha value is -3.35. The highest BCUT2D eigenvalue weighted by Gasteiger charge is 2.29. The molecule has 2 amide bonds. The van der Waals surface area contributed by atoms with Crippen LogP contribution in [0.25, 0.3) is 11.1 Å². The predicted octanol–water partition coefficient (Wildman–Crippen LogP) is 9.53. The van der Waals surface area contributed by atoms with Gasteiger partial charge in [-0.2, -0.15) is 0 Å². The highest BCUT2D eigenvalue weighted by atomic mass is 16.5. The second-order valence-corrected chi connectivity index (χ2v) is 12.9. The van der Waals surface area contributed by atoms with Gasteiger partial charge >= 0.3 is 12.1 Å². The Bertz CT molecular complexity index is 1140. The maximum atomic E-state index is 12.5. The summed E-state index contributed by atoms with van der Waals surface area (Å²) >= 11 is 0. The molecule has 3 N–H and O–H groups in total. The Morgan fingerprint density at radius 2 is 1.20 bits per heavy atom. The first-order chi connectivity index (χ1) is 22.5. The maximum Gasteiger partial charge on any atom is 0.407 e. The van der Waals surface area contributed by atoms with Crippen LogP contribution in [0.3, 0.4) is 0 Å². The van der Waals surface area contributed by atoms with E-state index >= 15 is 0 Å². The fourth-order valence-corrected chi connectivity index (χ4v) is 6.49. The van der Waals surface area contributed by atoms with Crippen molar-refractivity contribution in [1.29, 1.82) is 0 Å². The number of hydrogen-bond acceptors (Lipinski definition) is 4. The third kappa shape index (κ3) is 13.6. The molecular formula is C39H58N2O5. The normalized spacial score (nSPS) is 12.7. The fourth-order valence-electron chi connectivity index (χ4n) is 6.49. The van der Waals surface area contributed by atoms with Crippen LogP contribution < -0.4 is 10.6 Å². The van der Waals surface area contributed by atoms with Gasteiger partial charge in [0.15, 0.2) is 0 Å². The van der Waals surface area contributed by atoms with Gasteiger partial charge in [-0.05, 0) is 47.9 Å². The summed E-state index contributed by atoms with van der Waals surface area (Å²) in [5.41, 5.74) is 4.48. The minimum atomic E-state index is -1.09. The van der Waals surface area contributed by atoms with Gasteiger partial charge in [0.1, 0.15) is 12.6 Å². The second kappa shape index (κ2) is 22.2. The van der Waals surface area contributed by atoms with Crippen molar-refractivity contribution in [2.75, 3.05) is 13.2 Å². The number of aliphatic carboxylic acids is 1. The molecule has 0 spiro atoms. The maximum absolute atomic E-state index is 12.5. The Balaban J connectivity index is 1.17. The average molecular weight is 635 g/mol. The lowest BCUT2D eigenvalue weighted by Gasteiger charge is -2.17. The molecule has 2 aromatic carbocycles. The van der Waals surface area contributed by atoms with Crippen LogP contribution in [-0.4, -0.2) is 42.3 Å². The van der Waals surface area contributed by atoms with Crippen molar-refractivity contribution < 1.29 is 24.2 Å². The average Bonchev–Trinajstić information content (AvgIpc) is 3.38. The number of carboxylic acid groups (broad SMARTS) is 1. The van der Waals surface area contributed by atoms with E-state index in [1.807, 2.05) is 36.4 Å². The number of nitrogens with one attached hydrogen (secondary N) is 2. The Morgan fingerprint density at radius 3 is 1.72 bits per heavy atom. The summed E-state index contributed by atoms with van der Waals surface area (Å²) in [6.07, 6.45) is 20.8. The zero-order valence-corrected chi connectivity index (χ0v) is 28.2. The quantitative estimate of drug-likeness (QED) is 0.0944. The number of carboxylic acids is 1. The second-order valence-electron chi connectivity index (χ2n) is 12.9. The molecule has 7 heteroatoms.